The van der Waals surface area contributed by atoms with Crippen molar-refractivity contribution in [3.63, 3.8) is 0 Å². The van der Waals surface area contributed by atoms with E-state index in [1.807, 2.05) is 0 Å². The van der Waals surface area contributed by atoms with Gasteiger partial charge < -0.3 is 35.4 Å². The average Bonchev–Trinajstić information content (AvgIpc) is 2.42. The molecule has 0 bridgehead atoms. The highest BCUT2D eigenvalue weighted by Gasteiger charge is 2.29. The van der Waals surface area contributed by atoms with Crippen LogP contribution in [0.1, 0.15) is 6.92 Å². The van der Waals surface area contributed by atoms with Crippen molar-refractivity contribution in [1.82, 2.24) is 0 Å². The molecule has 0 aromatic heterocycles. The molecule has 14 heteroatoms. The molecule has 0 aliphatic carbocycles. The molecule has 0 aromatic carbocycles. The van der Waals surface area contributed by atoms with Gasteiger partial charge in [-0.3, -0.25) is 13.9 Å². The third-order valence-corrected chi connectivity index (χ3v) is 1.72. The van der Waals surface area contributed by atoms with E-state index in [1.165, 1.54) is 0 Å². The standard InChI is InChI=1S/C6H12O6.C3H4O3.H2O4S/c7-1-3(9)5(11)6(12)4(10)2-8;1-2(4)3(5)6;1-5(2,3)4/h1,3-6,8-12H,2H2;1H3,(H,5,6);(H2,1,2,3,4). The third-order valence-electron chi connectivity index (χ3n) is 1.72. The smallest absolute Gasteiger partial charge is 0.394 e. The predicted octanol–water partition coefficient (Wildman–Crippen LogP) is -4.37. The normalized spacial score (nSPS) is 15.5. The number of aliphatic carboxylic acids is 1. The Hall–Kier alpha value is -1.52. The monoisotopic (exact) mass is 366 g/mol. The number of carboxylic acid groups (broad SMARTS) is 1. The van der Waals surface area contributed by atoms with Gasteiger partial charge in [0.05, 0.1) is 6.61 Å². The van der Waals surface area contributed by atoms with E-state index in [9.17, 15) is 14.4 Å². The average molecular weight is 366 g/mol. The van der Waals surface area contributed by atoms with Gasteiger partial charge in [-0.05, 0) is 0 Å². The van der Waals surface area contributed by atoms with E-state index in [-0.39, 0.29) is 6.29 Å². The number of ketones is 1. The summed E-state index contributed by atoms with van der Waals surface area (Å²) in [5.41, 5.74) is 0. The Morgan fingerprint density at radius 1 is 1.04 bits per heavy atom. The molecule has 23 heavy (non-hydrogen) atoms. The highest BCUT2D eigenvalue weighted by Crippen LogP contribution is 2.02. The van der Waals surface area contributed by atoms with Crippen molar-refractivity contribution in [2.75, 3.05) is 6.61 Å². The van der Waals surface area contributed by atoms with Crippen LogP contribution in [0.25, 0.3) is 0 Å². The van der Waals surface area contributed by atoms with Crippen LogP contribution in [0.3, 0.4) is 0 Å². The molecule has 8 N–H and O–H groups in total. The van der Waals surface area contributed by atoms with Crippen molar-refractivity contribution >= 4 is 28.4 Å². The summed E-state index contributed by atoms with van der Waals surface area (Å²) in [6, 6.07) is 0. The summed E-state index contributed by atoms with van der Waals surface area (Å²) in [6.45, 7) is 0.242. The summed E-state index contributed by atoms with van der Waals surface area (Å²) >= 11 is 0. The Morgan fingerprint density at radius 3 is 1.52 bits per heavy atom. The van der Waals surface area contributed by atoms with Gasteiger partial charge in [-0.25, -0.2) is 4.79 Å². The quantitative estimate of drug-likeness (QED) is 0.126. The number of aldehydes is 1. The van der Waals surface area contributed by atoms with E-state index in [4.69, 9.17) is 48.2 Å². The second-order valence-corrected chi connectivity index (χ2v) is 4.56. The fraction of sp³-hybridized carbons (Fsp3) is 0.667. The van der Waals surface area contributed by atoms with E-state index in [0.717, 1.165) is 6.92 Å². The van der Waals surface area contributed by atoms with E-state index < -0.39 is 53.2 Å². The van der Waals surface area contributed by atoms with Gasteiger partial charge in [0.15, 0.2) is 6.29 Å². The fourth-order valence-electron chi connectivity index (χ4n) is 0.618. The minimum absolute atomic E-state index is 0.0258. The number of carboxylic acids is 1. The number of rotatable bonds is 6. The molecule has 0 fully saturated rings. The minimum Gasteiger partial charge on any atom is -0.476 e. The lowest BCUT2D eigenvalue weighted by Gasteiger charge is -2.22. The van der Waals surface area contributed by atoms with Crippen LogP contribution in [0.2, 0.25) is 0 Å². The molecule has 0 saturated carbocycles. The first kappa shape index (κ1) is 26.4. The van der Waals surface area contributed by atoms with Crippen molar-refractivity contribution in [3.05, 3.63) is 0 Å². The van der Waals surface area contributed by atoms with E-state index >= 15 is 0 Å². The van der Waals surface area contributed by atoms with Gasteiger partial charge >= 0.3 is 16.4 Å². The molecule has 0 heterocycles. The van der Waals surface area contributed by atoms with Crippen molar-refractivity contribution in [2.45, 2.75) is 31.3 Å². The number of carbonyl (C=O) groups is 3. The molecule has 0 saturated heterocycles. The SMILES string of the molecule is CC(=O)C(=O)O.O=CC(O)C(O)C(O)C(O)CO.O=S(=O)(O)O. The molecule has 4 atom stereocenters. The Balaban J connectivity index is -0.000000303. The molecule has 0 aromatic rings. The Kier molecular flexibility index (Phi) is 14.9. The molecule has 0 aliphatic heterocycles. The molecular weight excluding hydrogens is 348 g/mol. The summed E-state index contributed by atoms with van der Waals surface area (Å²) in [4.78, 5) is 28.8. The lowest BCUT2D eigenvalue weighted by molar-refractivity contribution is -0.148. The van der Waals surface area contributed by atoms with Crippen LogP contribution in [0.5, 0.6) is 0 Å². The predicted molar refractivity (Wildman–Crippen MR) is 69.7 cm³/mol. The highest BCUT2D eigenvalue weighted by molar-refractivity contribution is 7.79. The summed E-state index contributed by atoms with van der Waals surface area (Å²) in [6.07, 6.45) is -6.84. The molecule has 0 spiro atoms. The largest absolute Gasteiger partial charge is 0.476 e. The van der Waals surface area contributed by atoms with Crippen LogP contribution in [0, 0.1) is 0 Å². The van der Waals surface area contributed by atoms with Gasteiger partial charge in [0.25, 0.3) is 0 Å². The Morgan fingerprint density at radius 2 is 1.35 bits per heavy atom. The topological polar surface area (TPSA) is 247 Å². The summed E-state index contributed by atoms with van der Waals surface area (Å²) in [7, 11) is -4.67. The number of hydrogen-bond donors (Lipinski definition) is 8. The zero-order valence-corrected chi connectivity index (χ0v) is 12.4. The zero-order valence-electron chi connectivity index (χ0n) is 11.6. The van der Waals surface area contributed by atoms with Crippen LogP contribution in [0.4, 0.5) is 0 Å². The first-order valence-corrected chi connectivity index (χ1v) is 6.80. The van der Waals surface area contributed by atoms with Gasteiger partial charge in [-0.1, -0.05) is 0 Å². The molecule has 0 radical (unpaired) electrons. The molecular formula is C9H18O13S. The molecule has 4 unspecified atom stereocenters. The first-order chi connectivity index (χ1) is 10.2. The molecule has 0 aliphatic rings. The second kappa shape index (κ2) is 13.0. The van der Waals surface area contributed by atoms with E-state index in [0.29, 0.717) is 0 Å². The number of aliphatic hydroxyl groups excluding tert-OH is 5. The Bertz CT molecular complexity index is 438. The molecule has 13 nitrogen and oxygen atoms in total. The Labute approximate surface area is 130 Å². The maximum absolute atomic E-state index is 9.90. The third kappa shape index (κ3) is 20.5. The van der Waals surface area contributed by atoms with Crippen LogP contribution in [-0.2, 0) is 24.8 Å². The van der Waals surface area contributed by atoms with Gasteiger partial charge in [0.1, 0.15) is 24.4 Å². The van der Waals surface area contributed by atoms with Gasteiger partial charge in [0.2, 0.25) is 5.78 Å². The van der Waals surface area contributed by atoms with Crippen molar-refractivity contribution in [1.29, 1.82) is 0 Å². The molecule has 138 valence electrons. The van der Waals surface area contributed by atoms with Crippen LogP contribution < -0.4 is 0 Å². The van der Waals surface area contributed by atoms with Crippen LogP contribution >= 0.6 is 0 Å². The second-order valence-electron chi connectivity index (χ2n) is 3.67. The number of carbonyl (C=O) groups excluding carboxylic acids is 2. The van der Waals surface area contributed by atoms with E-state index in [2.05, 4.69) is 0 Å². The van der Waals surface area contributed by atoms with Crippen LogP contribution in [-0.4, -0.2) is 97.2 Å². The van der Waals surface area contributed by atoms with Crippen LogP contribution in [0.15, 0.2) is 0 Å². The van der Waals surface area contributed by atoms with Crippen molar-refractivity contribution < 1.29 is 62.5 Å². The maximum atomic E-state index is 9.90. The number of Topliss-reactive ketones (excluding diaryl/α,β-unsaturated/α-hetero) is 1. The van der Waals surface area contributed by atoms with Gasteiger partial charge in [-0.15, -0.1) is 0 Å². The van der Waals surface area contributed by atoms with Crippen molar-refractivity contribution in [3.8, 4) is 0 Å². The first-order valence-electron chi connectivity index (χ1n) is 5.41. The summed E-state index contributed by atoms with van der Waals surface area (Å²) in [5, 5.41) is 51.2. The summed E-state index contributed by atoms with van der Waals surface area (Å²) in [5.74, 6) is -2.20. The molecule has 0 rings (SSSR count). The maximum Gasteiger partial charge on any atom is 0.394 e. The lowest BCUT2D eigenvalue weighted by atomic mass is 10.0. The molecule has 0 amide bonds. The minimum atomic E-state index is -4.67. The summed E-state index contributed by atoms with van der Waals surface area (Å²) < 4.78 is 31.6. The number of aliphatic hydroxyl groups is 5. The fourth-order valence-corrected chi connectivity index (χ4v) is 0.618. The zero-order chi connectivity index (χ0) is 19.4. The highest BCUT2D eigenvalue weighted by atomic mass is 32.3. The van der Waals surface area contributed by atoms with Gasteiger partial charge in [0, 0.05) is 6.92 Å². The van der Waals surface area contributed by atoms with E-state index in [1.54, 1.807) is 0 Å². The van der Waals surface area contributed by atoms with Gasteiger partial charge in [-0.2, -0.15) is 8.42 Å². The number of hydrogen-bond acceptors (Lipinski definition) is 10. The van der Waals surface area contributed by atoms with Crippen molar-refractivity contribution in [2.24, 2.45) is 0 Å². The lowest BCUT2D eigenvalue weighted by Crippen LogP contribution is -2.46.